The molecular formula is C12H19NO3S. The molecule has 0 bridgehead atoms. The van der Waals surface area contributed by atoms with E-state index >= 15 is 0 Å². The van der Waals surface area contributed by atoms with Gasteiger partial charge in [-0.25, -0.2) is 0 Å². The van der Waals surface area contributed by atoms with Crippen LogP contribution in [0, 0.1) is 0 Å². The number of carbonyl (C=O) groups excluding carboxylic acids is 2. The first-order chi connectivity index (χ1) is 8.15. The van der Waals surface area contributed by atoms with E-state index in [1.54, 1.807) is 6.92 Å². The molecule has 0 spiro atoms. The predicted octanol–water partition coefficient (Wildman–Crippen LogP) is 1.44. The number of nitrogens with zero attached hydrogens (tertiary/aromatic N) is 1. The summed E-state index contributed by atoms with van der Waals surface area (Å²) in [5, 5.41) is 0.238. The molecule has 2 heterocycles. The van der Waals surface area contributed by atoms with Crippen molar-refractivity contribution in [2.24, 2.45) is 0 Å². The van der Waals surface area contributed by atoms with Gasteiger partial charge in [0.1, 0.15) is 0 Å². The fourth-order valence-corrected chi connectivity index (χ4v) is 3.37. The lowest BCUT2D eigenvalue weighted by molar-refractivity contribution is -0.130. The second kappa shape index (κ2) is 5.87. The van der Waals surface area contributed by atoms with Gasteiger partial charge in [0.2, 0.25) is 5.91 Å². The molecule has 0 saturated carbocycles. The van der Waals surface area contributed by atoms with Crippen molar-refractivity contribution >= 4 is 22.8 Å². The van der Waals surface area contributed by atoms with E-state index in [0.29, 0.717) is 19.5 Å². The molecule has 0 N–H and O–H groups in total. The highest BCUT2D eigenvalue weighted by Crippen LogP contribution is 2.25. The fourth-order valence-electron chi connectivity index (χ4n) is 2.42. The van der Waals surface area contributed by atoms with Crippen molar-refractivity contribution in [3.8, 4) is 0 Å². The summed E-state index contributed by atoms with van der Waals surface area (Å²) < 4.78 is 5.64. The smallest absolute Gasteiger partial charge is 0.223 e. The lowest BCUT2D eigenvalue weighted by Gasteiger charge is -2.27. The molecule has 0 aliphatic carbocycles. The third-order valence-electron chi connectivity index (χ3n) is 3.21. The Kier molecular flexibility index (Phi) is 4.45. The number of hydrogen-bond donors (Lipinski definition) is 0. The van der Waals surface area contributed by atoms with E-state index in [-0.39, 0.29) is 22.4 Å². The Bertz CT molecular complexity index is 302. The largest absolute Gasteiger partial charge is 0.376 e. The maximum Gasteiger partial charge on any atom is 0.223 e. The number of rotatable bonds is 3. The lowest BCUT2D eigenvalue weighted by Crippen LogP contribution is -2.36. The van der Waals surface area contributed by atoms with Crippen LogP contribution in [-0.2, 0) is 14.3 Å². The normalized spacial score (nSPS) is 29.7. The first kappa shape index (κ1) is 12.9. The Morgan fingerprint density at radius 3 is 3.00 bits per heavy atom. The molecule has 2 fully saturated rings. The second-order valence-corrected chi connectivity index (χ2v) is 6.20. The van der Waals surface area contributed by atoms with E-state index in [9.17, 15) is 9.59 Å². The quantitative estimate of drug-likeness (QED) is 0.767. The highest BCUT2D eigenvalue weighted by molar-refractivity contribution is 8.14. The molecule has 0 aromatic heterocycles. The summed E-state index contributed by atoms with van der Waals surface area (Å²) >= 11 is 1.29. The Balaban J connectivity index is 1.80. The monoisotopic (exact) mass is 257 g/mol. The molecule has 2 atom stereocenters. The van der Waals surface area contributed by atoms with Gasteiger partial charge >= 0.3 is 0 Å². The van der Waals surface area contributed by atoms with Crippen LogP contribution >= 0.6 is 11.8 Å². The number of amides is 1. The average Bonchev–Trinajstić information content (AvgIpc) is 2.59. The molecule has 5 heteroatoms. The van der Waals surface area contributed by atoms with Crippen molar-refractivity contribution in [1.82, 2.24) is 4.90 Å². The topological polar surface area (TPSA) is 46.6 Å². The van der Waals surface area contributed by atoms with Crippen molar-refractivity contribution in [3.05, 3.63) is 0 Å². The van der Waals surface area contributed by atoms with Crippen molar-refractivity contribution in [2.75, 3.05) is 19.7 Å². The highest BCUT2D eigenvalue weighted by Gasteiger charge is 2.32. The van der Waals surface area contributed by atoms with Crippen LogP contribution in [0.2, 0.25) is 0 Å². The first-order valence-electron chi connectivity index (χ1n) is 6.22. The number of likely N-dealkylation sites (tertiary alicyclic amines) is 1. The predicted molar refractivity (Wildman–Crippen MR) is 66.8 cm³/mol. The summed E-state index contributed by atoms with van der Waals surface area (Å²) in [7, 11) is 0. The number of ether oxygens (including phenoxy) is 1. The zero-order valence-electron chi connectivity index (χ0n) is 10.2. The average molecular weight is 257 g/mol. The van der Waals surface area contributed by atoms with Gasteiger partial charge in [-0.3, -0.25) is 9.59 Å². The summed E-state index contributed by atoms with van der Waals surface area (Å²) in [5.41, 5.74) is 0. The summed E-state index contributed by atoms with van der Waals surface area (Å²) in [6, 6.07) is 0. The third kappa shape index (κ3) is 3.71. The van der Waals surface area contributed by atoms with Crippen LogP contribution < -0.4 is 0 Å². The number of carbonyl (C=O) groups is 2. The molecule has 0 radical (unpaired) electrons. The molecule has 2 rings (SSSR count). The second-order valence-electron chi connectivity index (χ2n) is 4.72. The number of thioether (sulfide) groups is 1. The molecule has 1 amide bonds. The van der Waals surface area contributed by atoms with Crippen LogP contribution in [0.4, 0.5) is 0 Å². The van der Waals surface area contributed by atoms with E-state index in [1.165, 1.54) is 18.2 Å². The van der Waals surface area contributed by atoms with Gasteiger partial charge < -0.3 is 9.64 Å². The van der Waals surface area contributed by atoms with Crippen LogP contribution in [0.1, 0.15) is 32.6 Å². The fraction of sp³-hybridized carbons (Fsp3) is 0.833. The Hall–Kier alpha value is -0.550. The van der Waals surface area contributed by atoms with E-state index in [2.05, 4.69) is 0 Å². The SMILES string of the molecule is CC(=O)SC1CC(=O)N(CC2CCCCO2)C1. The van der Waals surface area contributed by atoms with E-state index in [0.717, 1.165) is 19.4 Å². The van der Waals surface area contributed by atoms with Gasteiger partial charge in [0.25, 0.3) is 0 Å². The summed E-state index contributed by atoms with van der Waals surface area (Å²) in [5.74, 6) is 0.165. The molecule has 2 aliphatic heterocycles. The summed E-state index contributed by atoms with van der Waals surface area (Å²) in [4.78, 5) is 24.7. The third-order valence-corrected chi connectivity index (χ3v) is 4.19. The minimum Gasteiger partial charge on any atom is -0.376 e. The van der Waals surface area contributed by atoms with E-state index in [1.807, 2.05) is 4.90 Å². The van der Waals surface area contributed by atoms with Crippen LogP contribution in [0.5, 0.6) is 0 Å². The van der Waals surface area contributed by atoms with Crippen LogP contribution in [0.25, 0.3) is 0 Å². The van der Waals surface area contributed by atoms with Gasteiger partial charge in [-0.1, -0.05) is 11.8 Å². The van der Waals surface area contributed by atoms with Gasteiger partial charge in [0.15, 0.2) is 5.12 Å². The number of hydrogen-bond acceptors (Lipinski definition) is 4. The van der Waals surface area contributed by atoms with Gasteiger partial charge in [-0.2, -0.15) is 0 Å². The Morgan fingerprint density at radius 1 is 1.53 bits per heavy atom. The summed E-state index contributed by atoms with van der Waals surface area (Å²) in [6.07, 6.45) is 4.07. The minimum atomic E-state index is 0.0959. The van der Waals surface area contributed by atoms with Crippen LogP contribution in [-0.4, -0.2) is 47.0 Å². The molecule has 2 unspecified atom stereocenters. The van der Waals surface area contributed by atoms with Crippen molar-refractivity contribution in [1.29, 1.82) is 0 Å². The first-order valence-corrected chi connectivity index (χ1v) is 7.09. The maximum atomic E-state index is 11.8. The summed E-state index contributed by atoms with van der Waals surface area (Å²) in [6.45, 7) is 3.77. The molecule has 2 saturated heterocycles. The van der Waals surface area contributed by atoms with E-state index in [4.69, 9.17) is 4.74 Å². The standard InChI is InChI=1S/C12H19NO3S/c1-9(14)17-11-6-12(15)13(8-11)7-10-4-2-3-5-16-10/h10-11H,2-8H2,1H3. The van der Waals surface area contributed by atoms with Gasteiger partial charge in [0.05, 0.1) is 6.10 Å². The van der Waals surface area contributed by atoms with Crippen molar-refractivity contribution in [3.63, 3.8) is 0 Å². The molecule has 17 heavy (non-hydrogen) atoms. The van der Waals surface area contributed by atoms with Gasteiger partial charge in [-0.05, 0) is 19.3 Å². The zero-order valence-corrected chi connectivity index (χ0v) is 11.0. The Labute approximate surface area is 106 Å². The van der Waals surface area contributed by atoms with Gasteiger partial charge in [0, 0.05) is 38.3 Å². The zero-order chi connectivity index (χ0) is 12.3. The molecule has 2 aliphatic rings. The Morgan fingerprint density at radius 2 is 2.35 bits per heavy atom. The molecule has 0 aromatic carbocycles. The van der Waals surface area contributed by atoms with Crippen molar-refractivity contribution in [2.45, 2.75) is 44.0 Å². The van der Waals surface area contributed by atoms with E-state index < -0.39 is 0 Å². The lowest BCUT2D eigenvalue weighted by atomic mass is 10.1. The van der Waals surface area contributed by atoms with Crippen molar-refractivity contribution < 1.29 is 14.3 Å². The van der Waals surface area contributed by atoms with Crippen LogP contribution in [0.3, 0.4) is 0 Å². The molecule has 96 valence electrons. The highest BCUT2D eigenvalue weighted by atomic mass is 32.2. The molecule has 4 nitrogen and oxygen atoms in total. The van der Waals surface area contributed by atoms with Crippen LogP contribution in [0.15, 0.2) is 0 Å². The minimum absolute atomic E-state index is 0.0959. The molecular weight excluding hydrogens is 238 g/mol. The van der Waals surface area contributed by atoms with Gasteiger partial charge in [-0.15, -0.1) is 0 Å². The maximum absolute atomic E-state index is 11.8. The molecule has 0 aromatic rings.